The molecule has 1 aromatic carbocycles. The molecule has 0 saturated carbocycles. The number of hydrogen-bond donors (Lipinski definition) is 0. The standard InChI is InChI=1S/C20H24N8O3S/c1-3-30-20(29)27-11-9-15(10-12-27)28-16(24-25-26-28)13-31-18-21-17(22-19(23-18)32-2)14-7-5-4-6-8-14/h4-8,15H,3,9-13H2,1-2H3. The van der Waals surface area contributed by atoms with Crippen LogP contribution in [0, 0.1) is 0 Å². The van der Waals surface area contributed by atoms with Crippen LogP contribution >= 0.6 is 11.8 Å². The Labute approximate surface area is 189 Å². The molecule has 168 valence electrons. The zero-order valence-electron chi connectivity index (χ0n) is 17.9. The van der Waals surface area contributed by atoms with Crippen LogP contribution in [-0.2, 0) is 11.3 Å². The second-order valence-electron chi connectivity index (χ2n) is 7.04. The summed E-state index contributed by atoms with van der Waals surface area (Å²) in [5, 5.41) is 12.6. The van der Waals surface area contributed by atoms with Gasteiger partial charge in [-0.05, 0) is 36.4 Å². The third-order valence-corrected chi connectivity index (χ3v) is 5.58. The molecule has 11 nitrogen and oxygen atoms in total. The lowest BCUT2D eigenvalue weighted by molar-refractivity contribution is 0.0905. The molecular weight excluding hydrogens is 432 g/mol. The molecule has 0 radical (unpaired) electrons. The molecule has 0 aliphatic carbocycles. The van der Waals surface area contributed by atoms with Crippen molar-refractivity contribution in [3.8, 4) is 17.4 Å². The van der Waals surface area contributed by atoms with E-state index in [9.17, 15) is 4.79 Å². The quantitative estimate of drug-likeness (QED) is 0.490. The van der Waals surface area contributed by atoms with E-state index in [1.54, 1.807) is 16.5 Å². The first kappa shape index (κ1) is 21.9. The van der Waals surface area contributed by atoms with Crippen LogP contribution in [0.4, 0.5) is 4.79 Å². The van der Waals surface area contributed by atoms with E-state index in [0.29, 0.717) is 36.5 Å². The minimum atomic E-state index is -0.278. The van der Waals surface area contributed by atoms with E-state index in [2.05, 4.69) is 30.5 Å². The van der Waals surface area contributed by atoms with Crippen molar-refractivity contribution >= 4 is 17.9 Å². The van der Waals surface area contributed by atoms with Crippen molar-refractivity contribution in [1.29, 1.82) is 0 Å². The number of thioether (sulfide) groups is 1. The molecule has 3 aromatic rings. The van der Waals surface area contributed by atoms with Crippen molar-refractivity contribution in [2.24, 2.45) is 0 Å². The smallest absolute Gasteiger partial charge is 0.409 e. The third kappa shape index (κ3) is 5.13. The van der Waals surface area contributed by atoms with Gasteiger partial charge < -0.3 is 14.4 Å². The van der Waals surface area contributed by atoms with Crippen molar-refractivity contribution in [2.75, 3.05) is 26.0 Å². The Bertz CT molecular complexity index is 1040. The number of hydrogen-bond acceptors (Lipinski definition) is 10. The first-order chi connectivity index (χ1) is 15.7. The van der Waals surface area contributed by atoms with Crippen molar-refractivity contribution in [2.45, 2.75) is 37.6 Å². The second kappa shape index (κ2) is 10.4. The topological polar surface area (TPSA) is 121 Å². The number of ether oxygens (including phenoxy) is 2. The van der Waals surface area contributed by atoms with E-state index in [0.717, 1.165) is 18.4 Å². The number of tetrazole rings is 1. The molecule has 0 atom stereocenters. The van der Waals surface area contributed by atoms with Crippen molar-refractivity contribution in [3.63, 3.8) is 0 Å². The lowest BCUT2D eigenvalue weighted by Gasteiger charge is -2.31. The fraction of sp³-hybridized carbons (Fsp3) is 0.450. The largest absolute Gasteiger partial charge is 0.455 e. The number of rotatable bonds is 7. The highest BCUT2D eigenvalue weighted by molar-refractivity contribution is 7.98. The number of nitrogens with zero attached hydrogens (tertiary/aromatic N) is 8. The van der Waals surface area contributed by atoms with Crippen LogP contribution in [0.2, 0.25) is 0 Å². The maximum atomic E-state index is 11.9. The lowest BCUT2D eigenvalue weighted by Crippen LogP contribution is -2.39. The maximum Gasteiger partial charge on any atom is 0.409 e. The molecule has 0 spiro atoms. The normalized spacial score (nSPS) is 14.4. The van der Waals surface area contributed by atoms with E-state index in [4.69, 9.17) is 9.47 Å². The Kier molecular flexibility index (Phi) is 7.10. The van der Waals surface area contributed by atoms with Gasteiger partial charge in [0.25, 0.3) is 0 Å². The Morgan fingerprint density at radius 2 is 1.94 bits per heavy atom. The van der Waals surface area contributed by atoms with Crippen LogP contribution in [0.1, 0.15) is 31.6 Å². The molecule has 0 unspecified atom stereocenters. The van der Waals surface area contributed by atoms with Gasteiger partial charge in [-0.15, -0.1) is 5.10 Å². The zero-order chi connectivity index (χ0) is 22.3. The van der Waals surface area contributed by atoms with Gasteiger partial charge in [0.1, 0.15) is 0 Å². The molecule has 1 saturated heterocycles. The van der Waals surface area contributed by atoms with E-state index in [1.807, 2.05) is 36.6 Å². The van der Waals surface area contributed by atoms with Crippen LogP contribution in [0.3, 0.4) is 0 Å². The monoisotopic (exact) mass is 456 g/mol. The summed E-state index contributed by atoms with van der Waals surface area (Å²) < 4.78 is 12.7. The molecule has 1 aliphatic rings. The summed E-state index contributed by atoms with van der Waals surface area (Å²) in [4.78, 5) is 26.9. The van der Waals surface area contributed by atoms with Gasteiger partial charge in [-0.2, -0.15) is 9.97 Å². The number of likely N-dealkylation sites (tertiary alicyclic amines) is 1. The third-order valence-electron chi connectivity index (χ3n) is 5.04. The Hall–Kier alpha value is -3.28. The highest BCUT2D eigenvalue weighted by Gasteiger charge is 2.27. The summed E-state index contributed by atoms with van der Waals surface area (Å²) in [6.45, 7) is 3.48. The lowest BCUT2D eigenvalue weighted by atomic mass is 10.1. The van der Waals surface area contributed by atoms with Crippen LogP contribution < -0.4 is 4.74 Å². The number of carbonyl (C=O) groups excluding carboxylic acids is 1. The highest BCUT2D eigenvalue weighted by Crippen LogP contribution is 2.24. The molecule has 2 aromatic heterocycles. The molecule has 3 heterocycles. The summed E-state index contributed by atoms with van der Waals surface area (Å²) >= 11 is 1.42. The average Bonchev–Trinajstić information content (AvgIpc) is 3.32. The SMILES string of the molecule is CCOC(=O)N1CCC(n2nnnc2COc2nc(SC)nc(-c3ccccc3)n2)CC1. The zero-order valence-corrected chi connectivity index (χ0v) is 18.7. The summed E-state index contributed by atoms with van der Waals surface area (Å²) in [5.74, 6) is 1.12. The molecule has 12 heteroatoms. The van der Waals surface area contributed by atoms with Gasteiger partial charge in [0.15, 0.2) is 23.4 Å². The van der Waals surface area contributed by atoms with Gasteiger partial charge >= 0.3 is 12.1 Å². The maximum absolute atomic E-state index is 11.9. The van der Waals surface area contributed by atoms with Crippen LogP contribution in [0.25, 0.3) is 11.4 Å². The van der Waals surface area contributed by atoms with Gasteiger partial charge in [0, 0.05) is 18.7 Å². The van der Waals surface area contributed by atoms with Crippen molar-refractivity contribution in [3.05, 3.63) is 36.2 Å². The molecule has 1 amide bonds. The van der Waals surface area contributed by atoms with Gasteiger partial charge in [-0.3, -0.25) is 0 Å². The predicted molar refractivity (Wildman–Crippen MR) is 116 cm³/mol. The highest BCUT2D eigenvalue weighted by atomic mass is 32.2. The minimum absolute atomic E-state index is 0.0780. The first-order valence-electron chi connectivity index (χ1n) is 10.3. The van der Waals surface area contributed by atoms with Crippen molar-refractivity contribution < 1.29 is 14.3 Å². The van der Waals surface area contributed by atoms with E-state index < -0.39 is 0 Å². The number of piperidine rings is 1. The number of carbonyl (C=O) groups is 1. The van der Waals surface area contributed by atoms with Crippen LogP contribution in [0.5, 0.6) is 6.01 Å². The summed E-state index contributed by atoms with van der Waals surface area (Å²) in [6, 6.07) is 9.97. The summed E-state index contributed by atoms with van der Waals surface area (Å²) in [6.07, 6.45) is 3.09. The van der Waals surface area contributed by atoms with Crippen molar-refractivity contribution in [1.82, 2.24) is 40.1 Å². The van der Waals surface area contributed by atoms with Crippen LogP contribution in [-0.4, -0.2) is 72.1 Å². The minimum Gasteiger partial charge on any atom is -0.455 e. The number of aromatic nitrogens is 7. The average molecular weight is 457 g/mol. The molecule has 4 rings (SSSR count). The molecular formula is C20H24N8O3S. The van der Waals surface area contributed by atoms with Gasteiger partial charge in [-0.1, -0.05) is 42.1 Å². The Balaban J connectivity index is 1.43. The van der Waals surface area contributed by atoms with E-state index in [1.165, 1.54) is 11.8 Å². The van der Waals surface area contributed by atoms with Crippen LogP contribution in [0.15, 0.2) is 35.5 Å². The summed E-state index contributed by atoms with van der Waals surface area (Å²) in [5.41, 5.74) is 0.883. The second-order valence-corrected chi connectivity index (χ2v) is 7.81. The Morgan fingerprint density at radius 3 is 2.66 bits per heavy atom. The number of amides is 1. The Morgan fingerprint density at radius 1 is 1.16 bits per heavy atom. The van der Waals surface area contributed by atoms with E-state index in [-0.39, 0.29) is 24.8 Å². The molecule has 0 bridgehead atoms. The molecule has 1 aliphatic heterocycles. The predicted octanol–water partition coefficient (Wildman–Crippen LogP) is 2.62. The fourth-order valence-electron chi connectivity index (χ4n) is 3.44. The number of benzene rings is 1. The van der Waals surface area contributed by atoms with Gasteiger partial charge in [0.2, 0.25) is 0 Å². The first-order valence-corrected chi connectivity index (χ1v) is 11.6. The summed E-state index contributed by atoms with van der Waals surface area (Å²) in [7, 11) is 0. The molecule has 1 fully saturated rings. The van der Waals surface area contributed by atoms with E-state index >= 15 is 0 Å². The van der Waals surface area contributed by atoms with Gasteiger partial charge in [0.05, 0.1) is 12.6 Å². The van der Waals surface area contributed by atoms with Gasteiger partial charge in [-0.25, -0.2) is 14.5 Å². The molecule has 0 N–H and O–H groups in total. The fourth-order valence-corrected chi connectivity index (χ4v) is 3.79. The molecule has 32 heavy (non-hydrogen) atoms.